The molecule has 0 fully saturated rings. The van der Waals surface area contributed by atoms with Gasteiger partial charge in [-0.1, -0.05) is 41.0 Å². The van der Waals surface area contributed by atoms with Crippen LogP contribution in [-0.4, -0.2) is 34.3 Å². The van der Waals surface area contributed by atoms with Crippen molar-refractivity contribution in [2.45, 2.75) is 13.5 Å². The molecule has 0 unspecified atom stereocenters. The fraction of sp³-hybridized carbons (Fsp3) is 0.136. The molecule has 3 amide bonds. The van der Waals surface area contributed by atoms with E-state index in [0.29, 0.717) is 28.0 Å². The molecule has 0 aliphatic rings. The minimum absolute atomic E-state index is 0.116. The van der Waals surface area contributed by atoms with Crippen LogP contribution in [0.2, 0.25) is 5.02 Å². The number of anilines is 1. The van der Waals surface area contributed by atoms with Gasteiger partial charge in [-0.25, -0.2) is 10.2 Å². The number of amides is 3. The Bertz CT molecular complexity index is 1370. The first-order chi connectivity index (χ1) is 16.8. The number of aromatic nitrogens is 3. The summed E-state index contributed by atoms with van der Waals surface area (Å²) in [6.45, 7) is 1.89. The highest BCUT2D eigenvalue weighted by molar-refractivity contribution is 6.31. The Balaban J connectivity index is 1.39. The molecule has 13 heteroatoms. The molecule has 0 atom stereocenters. The third kappa shape index (κ3) is 5.50. The first-order valence-corrected chi connectivity index (χ1v) is 10.6. The molecule has 180 valence electrons. The predicted molar refractivity (Wildman–Crippen MR) is 125 cm³/mol. The van der Waals surface area contributed by atoms with Gasteiger partial charge >= 0.3 is 11.9 Å². The first-order valence-electron chi connectivity index (χ1n) is 10.2. The molecular formula is C22H20ClN7O5. The Kier molecular flexibility index (Phi) is 6.83. The minimum atomic E-state index is -0.686. The highest BCUT2D eigenvalue weighted by Crippen LogP contribution is 2.37. The van der Waals surface area contributed by atoms with Crippen LogP contribution in [0.1, 0.15) is 22.0 Å². The van der Waals surface area contributed by atoms with E-state index in [4.69, 9.17) is 31.1 Å². The number of rotatable bonds is 6. The number of hydrogen-bond donors (Lipinski definition) is 4. The molecule has 4 aromatic rings. The second-order valence-electron chi connectivity index (χ2n) is 7.25. The van der Waals surface area contributed by atoms with Crippen LogP contribution >= 0.6 is 11.6 Å². The van der Waals surface area contributed by atoms with E-state index in [-0.39, 0.29) is 18.2 Å². The molecule has 0 saturated carbocycles. The van der Waals surface area contributed by atoms with Crippen molar-refractivity contribution >= 4 is 29.2 Å². The maximum Gasteiger partial charge on any atom is 0.333 e. The number of nitrogens with two attached hydrogens (primary N) is 1. The molecular weight excluding hydrogens is 478 g/mol. The van der Waals surface area contributed by atoms with Gasteiger partial charge in [0.15, 0.2) is 0 Å². The second-order valence-corrected chi connectivity index (χ2v) is 7.68. The fourth-order valence-electron chi connectivity index (χ4n) is 3.17. The highest BCUT2D eigenvalue weighted by atomic mass is 35.5. The minimum Gasteiger partial charge on any atom is -0.479 e. The van der Waals surface area contributed by atoms with E-state index < -0.39 is 11.9 Å². The standard InChI is InChI=1S/C22H20ClN7O5/c1-11-26-20(30-34-11)19-15(7-14(23)8-16(19)24)13-5-3-12(4-6-13)10-25-22(32)28-27-21(31)17-9-18(33-2)29-35-17/h3-9H,10,24H2,1-2H3,(H,27,31)(H2,25,28,32). The molecule has 0 radical (unpaired) electrons. The number of benzene rings is 2. The summed E-state index contributed by atoms with van der Waals surface area (Å²) in [6.07, 6.45) is 0. The van der Waals surface area contributed by atoms with Crippen molar-refractivity contribution in [3.8, 4) is 28.4 Å². The predicted octanol–water partition coefficient (Wildman–Crippen LogP) is 3.09. The zero-order valence-corrected chi connectivity index (χ0v) is 19.3. The number of methoxy groups -OCH3 is 1. The van der Waals surface area contributed by atoms with Crippen LogP contribution in [0, 0.1) is 6.92 Å². The number of carbonyl (C=O) groups excluding carboxylic acids is 2. The Morgan fingerprint density at radius 3 is 2.51 bits per heavy atom. The molecule has 2 aromatic heterocycles. The van der Waals surface area contributed by atoms with Gasteiger partial charge in [-0.2, -0.15) is 4.98 Å². The third-order valence-corrected chi connectivity index (χ3v) is 5.03. The lowest BCUT2D eigenvalue weighted by Crippen LogP contribution is -2.46. The topological polar surface area (TPSA) is 170 Å². The van der Waals surface area contributed by atoms with Crippen molar-refractivity contribution in [3.05, 3.63) is 64.7 Å². The van der Waals surface area contributed by atoms with Gasteiger partial charge in [0.2, 0.25) is 17.5 Å². The van der Waals surface area contributed by atoms with Gasteiger partial charge in [-0.15, -0.1) is 0 Å². The normalized spacial score (nSPS) is 10.6. The van der Waals surface area contributed by atoms with E-state index in [1.807, 2.05) is 24.3 Å². The number of aryl methyl sites for hydroxylation is 1. The summed E-state index contributed by atoms with van der Waals surface area (Å²) in [4.78, 5) is 28.2. The number of ether oxygens (including phenoxy) is 1. The Morgan fingerprint density at radius 1 is 1.09 bits per heavy atom. The van der Waals surface area contributed by atoms with E-state index in [0.717, 1.165) is 16.7 Å². The van der Waals surface area contributed by atoms with Crippen LogP contribution in [0.15, 0.2) is 51.5 Å². The SMILES string of the molecule is COc1cc(C(=O)NNC(=O)NCc2ccc(-c3cc(Cl)cc(N)c3-c3noc(C)n3)cc2)on1. The number of nitrogens with zero attached hydrogens (tertiary/aromatic N) is 3. The number of halogens is 1. The van der Waals surface area contributed by atoms with E-state index in [2.05, 4.69) is 31.5 Å². The van der Waals surface area contributed by atoms with Crippen LogP contribution in [-0.2, 0) is 6.54 Å². The van der Waals surface area contributed by atoms with Gasteiger partial charge in [-0.05, 0) is 34.0 Å². The zero-order chi connectivity index (χ0) is 24.9. The van der Waals surface area contributed by atoms with Gasteiger partial charge in [-0.3, -0.25) is 10.2 Å². The van der Waals surface area contributed by atoms with Crippen LogP contribution < -0.4 is 26.6 Å². The largest absolute Gasteiger partial charge is 0.479 e. The molecule has 4 rings (SSSR count). The Morgan fingerprint density at radius 2 is 1.86 bits per heavy atom. The molecule has 2 aromatic carbocycles. The summed E-state index contributed by atoms with van der Waals surface area (Å²) in [5.74, 6) is 0.114. The summed E-state index contributed by atoms with van der Waals surface area (Å²) in [5, 5.41) is 10.6. The van der Waals surface area contributed by atoms with E-state index in [1.165, 1.54) is 13.2 Å². The van der Waals surface area contributed by atoms with Crippen molar-refractivity contribution < 1.29 is 23.4 Å². The molecule has 0 saturated heterocycles. The smallest absolute Gasteiger partial charge is 0.333 e. The van der Waals surface area contributed by atoms with Crippen molar-refractivity contribution in [3.63, 3.8) is 0 Å². The number of nitrogens with one attached hydrogen (secondary N) is 3. The summed E-state index contributed by atoms with van der Waals surface area (Å²) >= 11 is 6.24. The van der Waals surface area contributed by atoms with E-state index in [1.54, 1.807) is 19.1 Å². The molecule has 2 heterocycles. The van der Waals surface area contributed by atoms with Gasteiger partial charge < -0.3 is 24.8 Å². The number of carbonyl (C=O) groups is 2. The second kappa shape index (κ2) is 10.1. The molecule has 0 spiro atoms. The monoisotopic (exact) mass is 497 g/mol. The number of urea groups is 1. The maximum absolute atomic E-state index is 12.0. The molecule has 35 heavy (non-hydrogen) atoms. The molecule has 0 aliphatic heterocycles. The first kappa shape index (κ1) is 23.6. The summed E-state index contributed by atoms with van der Waals surface area (Å²) in [6, 6.07) is 11.4. The van der Waals surface area contributed by atoms with Crippen LogP contribution in [0.4, 0.5) is 10.5 Å². The highest BCUT2D eigenvalue weighted by Gasteiger charge is 2.18. The summed E-state index contributed by atoms with van der Waals surface area (Å²) in [7, 11) is 1.38. The van der Waals surface area contributed by atoms with Crippen LogP contribution in [0.5, 0.6) is 5.88 Å². The maximum atomic E-state index is 12.0. The van der Waals surface area contributed by atoms with Crippen LogP contribution in [0.25, 0.3) is 22.5 Å². The molecule has 0 aliphatic carbocycles. The Labute approximate surface area is 203 Å². The quantitative estimate of drug-likeness (QED) is 0.231. The Hall–Kier alpha value is -4.58. The summed E-state index contributed by atoms with van der Waals surface area (Å²) in [5.41, 5.74) is 14.0. The lowest BCUT2D eigenvalue weighted by atomic mass is 9.97. The molecule has 5 N–H and O–H groups in total. The van der Waals surface area contributed by atoms with Crippen molar-refractivity contribution in [1.82, 2.24) is 31.5 Å². The average Bonchev–Trinajstić information content (AvgIpc) is 3.50. The molecule has 0 bridgehead atoms. The van der Waals surface area contributed by atoms with E-state index >= 15 is 0 Å². The lowest BCUT2D eigenvalue weighted by Gasteiger charge is -2.12. The number of hydrogen-bond acceptors (Lipinski definition) is 9. The number of nitrogen functional groups attached to an aromatic ring is 1. The van der Waals surface area contributed by atoms with Crippen molar-refractivity contribution in [2.24, 2.45) is 0 Å². The van der Waals surface area contributed by atoms with Gasteiger partial charge in [0, 0.05) is 24.2 Å². The third-order valence-electron chi connectivity index (χ3n) is 4.81. The zero-order valence-electron chi connectivity index (χ0n) is 18.6. The van der Waals surface area contributed by atoms with Crippen LogP contribution in [0.3, 0.4) is 0 Å². The fourth-order valence-corrected chi connectivity index (χ4v) is 3.40. The van der Waals surface area contributed by atoms with E-state index in [9.17, 15) is 9.59 Å². The summed E-state index contributed by atoms with van der Waals surface area (Å²) < 4.78 is 14.7. The van der Waals surface area contributed by atoms with Crippen molar-refractivity contribution in [2.75, 3.05) is 12.8 Å². The lowest BCUT2D eigenvalue weighted by molar-refractivity contribution is 0.0899. The molecule has 12 nitrogen and oxygen atoms in total. The van der Waals surface area contributed by atoms with Gasteiger partial charge in [0.05, 0.1) is 18.7 Å². The number of hydrazine groups is 1. The average molecular weight is 498 g/mol. The van der Waals surface area contributed by atoms with Gasteiger partial charge in [0.25, 0.3) is 5.88 Å². The van der Waals surface area contributed by atoms with Crippen molar-refractivity contribution in [1.29, 1.82) is 0 Å². The van der Waals surface area contributed by atoms with Gasteiger partial charge in [0.1, 0.15) is 0 Å².